The summed E-state index contributed by atoms with van der Waals surface area (Å²) in [4.78, 5) is 12.3. The number of nitrogens with zero attached hydrogens (tertiary/aromatic N) is 2. The highest BCUT2D eigenvalue weighted by Crippen LogP contribution is 2.28. The maximum Gasteiger partial charge on any atom is 0.259 e. The number of benzene rings is 1. The number of aryl methyl sites for hydroxylation is 2. The Bertz CT molecular complexity index is 678. The second-order valence-corrected chi connectivity index (χ2v) is 4.26. The fraction of sp³-hybridized carbons (Fsp3) is 0.214. The molecule has 6 heteroatoms. The Hall–Kier alpha value is -2.81. The zero-order chi connectivity index (χ0) is 14.7. The summed E-state index contributed by atoms with van der Waals surface area (Å²) in [6.07, 6.45) is 0. The Balaban J connectivity index is 2.40. The van der Waals surface area contributed by atoms with Gasteiger partial charge in [0.25, 0.3) is 5.91 Å². The Labute approximate surface area is 116 Å². The highest BCUT2D eigenvalue weighted by Gasteiger charge is 2.18. The number of methoxy groups -OCH3 is 1. The van der Waals surface area contributed by atoms with Crippen molar-refractivity contribution in [2.24, 2.45) is 0 Å². The predicted molar refractivity (Wildman–Crippen MR) is 73.7 cm³/mol. The number of rotatable bonds is 3. The monoisotopic (exact) mass is 270 g/mol. The molecule has 0 aliphatic carbocycles. The minimum absolute atomic E-state index is 0.324. The molecule has 0 bridgehead atoms. The van der Waals surface area contributed by atoms with Crippen molar-refractivity contribution in [3.05, 3.63) is 40.7 Å². The highest BCUT2D eigenvalue weighted by molar-refractivity contribution is 6.07. The molecular formula is C14H14N4O2. The fourth-order valence-electron chi connectivity index (χ4n) is 1.98. The van der Waals surface area contributed by atoms with E-state index in [2.05, 4.69) is 15.5 Å². The number of aromatic nitrogens is 2. The molecule has 1 aromatic heterocycles. The number of nitriles is 1. The molecule has 6 nitrogen and oxygen atoms in total. The van der Waals surface area contributed by atoms with Gasteiger partial charge in [-0.25, -0.2) is 0 Å². The van der Waals surface area contributed by atoms with Crippen LogP contribution in [-0.2, 0) is 0 Å². The maximum atomic E-state index is 12.3. The Kier molecular flexibility index (Phi) is 3.71. The van der Waals surface area contributed by atoms with Crippen molar-refractivity contribution < 1.29 is 9.53 Å². The number of aromatic amines is 1. The van der Waals surface area contributed by atoms with Crippen molar-refractivity contribution >= 4 is 11.6 Å². The summed E-state index contributed by atoms with van der Waals surface area (Å²) in [5.41, 5.74) is 2.46. The molecule has 0 atom stereocenters. The van der Waals surface area contributed by atoms with E-state index in [4.69, 9.17) is 10.00 Å². The van der Waals surface area contributed by atoms with Gasteiger partial charge in [-0.15, -0.1) is 0 Å². The van der Waals surface area contributed by atoms with Crippen molar-refractivity contribution in [1.82, 2.24) is 10.2 Å². The van der Waals surface area contributed by atoms with Gasteiger partial charge in [0.15, 0.2) is 0 Å². The molecule has 0 aliphatic heterocycles. The van der Waals surface area contributed by atoms with Crippen LogP contribution >= 0.6 is 0 Å². The molecule has 1 aromatic carbocycles. The standard InChI is InChI=1S/C14H14N4O2/c1-8-12(9(2)18-17-8)14(19)16-13-10(7-15)5-4-6-11(13)20-3/h4-6H,1-3H3,(H,16,19)(H,17,18). The Morgan fingerprint density at radius 2 is 2.20 bits per heavy atom. The van der Waals surface area contributed by atoms with Crippen molar-refractivity contribution in [3.8, 4) is 11.8 Å². The molecule has 2 aromatic rings. The molecule has 0 saturated carbocycles. The van der Waals surface area contributed by atoms with Gasteiger partial charge in [0.2, 0.25) is 0 Å². The van der Waals surface area contributed by atoms with E-state index in [0.717, 1.165) is 0 Å². The largest absolute Gasteiger partial charge is 0.495 e. The Morgan fingerprint density at radius 3 is 2.75 bits per heavy atom. The second kappa shape index (κ2) is 5.45. The lowest BCUT2D eigenvalue weighted by Gasteiger charge is -2.11. The molecule has 2 N–H and O–H groups in total. The zero-order valence-corrected chi connectivity index (χ0v) is 11.4. The van der Waals surface area contributed by atoms with E-state index < -0.39 is 0 Å². The molecular weight excluding hydrogens is 256 g/mol. The van der Waals surface area contributed by atoms with Gasteiger partial charge in [-0.05, 0) is 26.0 Å². The number of hydrogen-bond acceptors (Lipinski definition) is 4. The molecule has 0 aliphatic rings. The van der Waals surface area contributed by atoms with Crippen molar-refractivity contribution in [1.29, 1.82) is 5.26 Å². The number of para-hydroxylation sites is 1. The number of carbonyl (C=O) groups excluding carboxylic acids is 1. The summed E-state index contributed by atoms with van der Waals surface area (Å²) < 4.78 is 5.18. The van der Waals surface area contributed by atoms with Crippen LogP contribution in [0.15, 0.2) is 18.2 Å². The number of ether oxygens (including phenoxy) is 1. The summed E-state index contributed by atoms with van der Waals surface area (Å²) in [5.74, 6) is 0.117. The lowest BCUT2D eigenvalue weighted by Crippen LogP contribution is -2.15. The number of H-pyrrole nitrogens is 1. The lowest BCUT2D eigenvalue weighted by molar-refractivity contribution is 0.102. The van der Waals surface area contributed by atoms with E-state index in [0.29, 0.717) is 34.0 Å². The first kappa shape index (κ1) is 13.6. The van der Waals surface area contributed by atoms with Gasteiger partial charge in [0.05, 0.1) is 23.9 Å². The van der Waals surface area contributed by atoms with Crippen LogP contribution in [0, 0.1) is 25.2 Å². The molecule has 0 spiro atoms. The molecule has 0 unspecified atom stereocenters. The smallest absolute Gasteiger partial charge is 0.259 e. The first-order valence-corrected chi connectivity index (χ1v) is 5.98. The molecule has 2 rings (SSSR count). The van der Waals surface area contributed by atoms with Crippen LogP contribution in [0.1, 0.15) is 27.3 Å². The summed E-state index contributed by atoms with van der Waals surface area (Å²) in [6.45, 7) is 3.51. The molecule has 1 heterocycles. The fourth-order valence-corrected chi connectivity index (χ4v) is 1.98. The SMILES string of the molecule is COc1cccc(C#N)c1NC(=O)c1c(C)n[nH]c1C. The summed E-state index contributed by atoms with van der Waals surface area (Å²) in [6, 6.07) is 7.03. The van der Waals surface area contributed by atoms with Crippen molar-refractivity contribution in [3.63, 3.8) is 0 Å². The predicted octanol–water partition coefficient (Wildman–Crippen LogP) is 2.16. The van der Waals surface area contributed by atoms with Crippen LogP contribution in [0.3, 0.4) is 0 Å². The third-order valence-corrected chi connectivity index (χ3v) is 2.96. The number of nitrogens with one attached hydrogen (secondary N) is 2. The Morgan fingerprint density at radius 1 is 1.45 bits per heavy atom. The van der Waals surface area contributed by atoms with E-state index in [1.165, 1.54) is 7.11 Å². The second-order valence-electron chi connectivity index (χ2n) is 4.26. The normalized spacial score (nSPS) is 9.90. The number of anilines is 1. The summed E-state index contributed by atoms with van der Waals surface area (Å²) >= 11 is 0. The molecule has 1 amide bonds. The maximum absolute atomic E-state index is 12.3. The summed E-state index contributed by atoms with van der Waals surface area (Å²) in [7, 11) is 1.49. The molecule has 20 heavy (non-hydrogen) atoms. The minimum Gasteiger partial charge on any atom is -0.495 e. The molecule has 0 radical (unpaired) electrons. The molecule has 0 fully saturated rings. The van der Waals surface area contributed by atoms with E-state index in [1.807, 2.05) is 6.07 Å². The first-order chi connectivity index (χ1) is 9.58. The van der Waals surface area contributed by atoms with Gasteiger partial charge in [-0.3, -0.25) is 9.89 Å². The van der Waals surface area contributed by atoms with Crippen LogP contribution < -0.4 is 10.1 Å². The average Bonchev–Trinajstić information content (AvgIpc) is 2.78. The highest BCUT2D eigenvalue weighted by atomic mass is 16.5. The van der Waals surface area contributed by atoms with Gasteiger partial charge in [-0.2, -0.15) is 10.4 Å². The molecule has 0 saturated heterocycles. The average molecular weight is 270 g/mol. The van der Waals surface area contributed by atoms with E-state index in [1.54, 1.807) is 32.0 Å². The van der Waals surface area contributed by atoms with Gasteiger partial charge in [0, 0.05) is 5.69 Å². The van der Waals surface area contributed by atoms with Crippen LogP contribution in [0.4, 0.5) is 5.69 Å². The van der Waals surface area contributed by atoms with E-state index in [9.17, 15) is 4.79 Å². The van der Waals surface area contributed by atoms with Crippen LogP contribution in [-0.4, -0.2) is 23.2 Å². The van der Waals surface area contributed by atoms with Crippen LogP contribution in [0.5, 0.6) is 5.75 Å². The third-order valence-electron chi connectivity index (χ3n) is 2.96. The van der Waals surface area contributed by atoms with Gasteiger partial charge >= 0.3 is 0 Å². The van der Waals surface area contributed by atoms with Crippen molar-refractivity contribution in [2.75, 3.05) is 12.4 Å². The summed E-state index contributed by atoms with van der Waals surface area (Å²) in [5, 5.41) is 18.6. The van der Waals surface area contributed by atoms with Gasteiger partial charge in [-0.1, -0.05) is 6.07 Å². The number of hydrogen-bond donors (Lipinski definition) is 2. The third kappa shape index (κ3) is 2.34. The number of amides is 1. The zero-order valence-electron chi connectivity index (χ0n) is 11.4. The van der Waals surface area contributed by atoms with Gasteiger partial charge < -0.3 is 10.1 Å². The van der Waals surface area contributed by atoms with Gasteiger partial charge in [0.1, 0.15) is 17.5 Å². The van der Waals surface area contributed by atoms with Crippen molar-refractivity contribution in [2.45, 2.75) is 13.8 Å². The first-order valence-electron chi connectivity index (χ1n) is 5.98. The lowest BCUT2D eigenvalue weighted by atomic mass is 10.1. The van der Waals surface area contributed by atoms with Crippen LogP contribution in [0.2, 0.25) is 0 Å². The topological polar surface area (TPSA) is 90.8 Å². The molecule has 102 valence electrons. The van der Waals surface area contributed by atoms with E-state index in [-0.39, 0.29) is 5.91 Å². The van der Waals surface area contributed by atoms with Crippen LogP contribution in [0.25, 0.3) is 0 Å². The minimum atomic E-state index is -0.324. The quantitative estimate of drug-likeness (QED) is 0.894. The van der Waals surface area contributed by atoms with E-state index >= 15 is 0 Å². The number of carbonyl (C=O) groups is 1.